The highest BCUT2D eigenvalue weighted by Gasteiger charge is 2.33. The first-order valence-electron chi connectivity index (χ1n) is 6.21. The summed E-state index contributed by atoms with van der Waals surface area (Å²) in [7, 11) is 0. The molecule has 92 valence electrons. The minimum atomic E-state index is -0.282. The van der Waals surface area contributed by atoms with Crippen molar-refractivity contribution in [3.63, 3.8) is 0 Å². The van der Waals surface area contributed by atoms with E-state index in [0.29, 0.717) is 5.92 Å². The number of carbonyl (C=O) groups excluding carboxylic acids is 1. The van der Waals surface area contributed by atoms with Gasteiger partial charge in [0, 0.05) is 12.0 Å². The number of benzene rings is 1. The number of hydrogen-bond donors (Lipinski definition) is 1. The van der Waals surface area contributed by atoms with Gasteiger partial charge in [0.2, 0.25) is 0 Å². The van der Waals surface area contributed by atoms with Crippen molar-refractivity contribution < 1.29 is 9.53 Å². The zero-order valence-electron chi connectivity index (χ0n) is 10.3. The molecule has 1 N–H and O–H groups in total. The lowest BCUT2D eigenvalue weighted by Crippen LogP contribution is -2.52. The molecule has 3 heteroatoms. The quantitative estimate of drug-likeness (QED) is 0.871. The molecule has 3 atom stereocenters. The first kappa shape index (κ1) is 12.0. The van der Waals surface area contributed by atoms with Crippen LogP contribution < -0.4 is 5.32 Å². The van der Waals surface area contributed by atoms with Crippen molar-refractivity contribution in [1.29, 1.82) is 0 Å². The Balaban J connectivity index is 2.06. The van der Waals surface area contributed by atoms with Gasteiger partial charge in [-0.3, -0.25) is 0 Å². The van der Waals surface area contributed by atoms with E-state index >= 15 is 0 Å². The van der Waals surface area contributed by atoms with E-state index < -0.39 is 0 Å². The molecule has 0 bridgehead atoms. The van der Waals surface area contributed by atoms with Crippen LogP contribution in [0.3, 0.4) is 0 Å². The van der Waals surface area contributed by atoms with Crippen LogP contribution in [0.5, 0.6) is 0 Å². The molecule has 1 amide bonds. The third kappa shape index (κ3) is 2.78. The van der Waals surface area contributed by atoms with Gasteiger partial charge in [0.1, 0.15) is 6.10 Å². The summed E-state index contributed by atoms with van der Waals surface area (Å²) in [5.74, 6) is 0.345. The van der Waals surface area contributed by atoms with Gasteiger partial charge in [-0.05, 0) is 18.4 Å². The van der Waals surface area contributed by atoms with Crippen LogP contribution in [0.2, 0.25) is 0 Å². The maximum Gasteiger partial charge on any atom is 0.407 e. The van der Waals surface area contributed by atoms with Crippen molar-refractivity contribution in [1.82, 2.24) is 5.32 Å². The fraction of sp³-hybridized carbons (Fsp3) is 0.500. The molecule has 0 radical (unpaired) electrons. The topological polar surface area (TPSA) is 38.3 Å². The van der Waals surface area contributed by atoms with Gasteiger partial charge in [0.15, 0.2) is 0 Å². The number of ether oxygens (including phenoxy) is 1. The Morgan fingerprint density at radius 2 is 2.00 bits per heavy atom. The molecule has 17 heavy (non-hydrogen) atoms. The second kappa shape index (κ2) is 5.21. The van der Waals surface area contributed by atoms with Crippen LogP contribution in [0.1, 0.15) is 25.8 Å². The lowest BCUT2D eigenvalue weighted by molar-refractivity contribution is 0.0202. The predicted octanol–water partition coefficient (Wildman–Crippen LogP) is 2.75. The van der Waals surface area contributed by atoms with Crippen LogP contribution in [0, 0.1) is 5.92 Å². The summed E-state index contributed by atoms with van der Waals surface area (Å²) in [5.41, 5.74) is 1.25. The summed E-state index contributed by atoms with van der Waals surface area (Å²) in [6.45, 7) is 4.19. The molecule has 3 nitrogen and oxygen atoms in total. The van der Waals surface area contributed by atoms with E-state index in [1.54, 1.807) is 0 Å². The molecule has 1 aliphatic rings. The van der Waals surface area contributed by atoms with Crippen molar-refractivity contribution >= 4 is 6.09 Å². The van der Waals surface area contributed by atoms with E-state index in [1.165, 1.54) is 5.56 Å². The van der Waals surface area contributed by atoms with Gasteiger partial charge in [-0.1, -0.05) is 44.2 Å². The van der Waals surface area contributed by atoms with Gasteiger partial charge in [-0.2, -0.15) is 0 Å². The zero-order valence-corrected chi connectivity index (χ0v) is 10.3. The van der Waals surface area contributed by atoms with Gasteiger partial charge in [-0.25, -0.2) is 4.79 Å². The van der Waals surface area contributed by atoms with Crippen molar-refractivity contribution in [3.05, 3.63) is 35.9 Å². The van der Waals surface area contributed by atoms with E-state index in [9.17, 15) is 4.79 Å². The van der Waals surface area contributed by atoms with Gasteiger partial charge in [0.05, 0.1) is 0 Å². The Morgan fingerprint density at radius 1 is 1.29 bits per heavy atom. The van der Waals surface area contributed by atoms with Crippen LogP contribution in [-0.4, -0.2) is 18.2 Å². The Bertz CT molecular complexity index is 377. The summed E-state index contributed by atoms with van der Waals surface area (Å²) in [5, 5.41) is 2.92. The van der Waals surface area contributed by atoms with Crippen LogP contribution in [0.25, 0.3) is 0 Å². The average Bonchev–Trinajstić information content (AvgIpc) is 2.34. The van der Waals surface area contributed by atoms with Crippen molar-refractivity contribution in [2.75, 3.05) is 0 Å². The monoisotopic (exact) mass is 233 g/mol. The Labute approximate surface area is 102 Å². The fourth-order valence-electron chi connectivity index (χ4n) is 2.38. The standard InChI is InChI=1S/C14H19NO2/c1-3-13-10(2)12(15-14(16)17-13)9-11-7-5-4-6-8-11/h4-8,10,12-13H,3,9H2,1-2H3,(H,15,16). The summed E-state index contributed by atoms with van der Waals surface area (Å²) in [4.78, 5) is 11.4. The molecule has 0 aliphatic carbocycles. The first-order valence-corrected chi connectivity index (χ1v) is 6.21. The molecule has 1 saturated heterocycles. The minimum Gasteiger partial charge on any atom is -0.446 e. The zero-order chi connectivity index (χ0) is 12.3. The molecule has 0 spiro atoms. The number of cyclic esters (lactones) is 1. The highest BCUT2D eigenvalue weighted by Crippen LogP contribution is 2.22. The van der Waals surface area contributed by atoms with Gasteiger partial charge in [0.25, 0.3) is 0 Å². The summed E-state index contributed by atoms with van der Waals surface area (Å²) in [6, 6.07) is 10.4. The number of nitrogens with one attached hydrogen (secondary N) is 1. The van der Waals surface area contributed by atoms with Crippen molar-refractivity contribution in [2.24, 2.45) is 5.92 Å². The molecule has 0 aromatic heterocycles. The lowest BCUT2D eigenvalue weighted by Gasteiger charge is -2.36. The van der Waals surface area contributed by atoms with Crippen LogP contribution in [0.15, 0.2) is 30.3 Å². The molecule has 2 rings (SSSR count). The van der Waals surface area contributed by atoms with Crippen LogP contribution in [0.4, 0.5) is 4.79 Å². The summed E-state index contributed by atoms with van der Waals surface area (Å²) < 4.78 is 5.27. The minimum absolute atomic E-state index is 0.0393. The van der Waals surface area contributed by atoms with Crippen LogP contribution in [-0.2, 0) is 11.2 Å². The van der Waals surface area contributed by atoms with E-state index in [2.05, 4.69) is 31.3 Å². The smallest absolute Gasteiger partial charge is 0.407 e. The molecule has 1 aliphatic heterocycles. The fourth-order valence-corrected chi connectivity index (χ4v) is 2.38. The lowest BCUT2D eigenvalue weighted by atomic mass is 9.88. The number of carbonyl (C=O) groups is 1. The van der Waals surface area contributed by atoms with Gasteiger partial charge in [-0.15, -0.1) is 0 Å². The molecule has 3 unspecified atom stereocenters. The maximum atomic E-state index is 11.4. The molecule has 1 aromatic rings. The van der Waals surface area contributed by atoms with Crippen molar-refractivity contribution in [3.8, 4) is 0 Å². The van der Waals surface area contributed by atoms with E-state index in [0.717, 1.165) is 12.8 Å². The van der Waals surface area contributed by atoms with Crippen LogP contribution >= 0.6 is 0 Å². The van der Waals surface area contributed by atoms with E-state index in [4.69, 9.17) is 4.74 Å². The molecular weight excluding hydrogens is 214 g/mol. The summed E-state index contributed by atoms with van der Waals surface area (Å²) >= 11 is 0. The summed E-state index contributed by atoms with van der Waals surface area (Å²) in [6.07, 6.45) is 1.50. The second-order valence-electron chi connectivity index (χ2n) is 4.65. The third-order valence-corrected chi connectivity index (χ3v) is 3.48. The number of hydrogen-bond acceptors (Lipinski definition) is 2. The number of amides is 1. The van der Waals surface area contributed by atoms with Crippen molar-refractivity contribution in [2.45, 2.75) is 38.8 Å². The Hall–Kier alpha value is -1.51. The first-order chi connectivity index (χ1) is 8.20. The normalized spacial score (nSPS) is 28.4. The number of alkyl carbamates (subject to hydrolysis) is 1. The van der Waals surface area contributed by atoms with Gasteiger partial charge >= 0.3 is 6.09 Å². The highest BCUT2D eigenvalue weighted by atomic mass is 16.6. The maximum absolute atomic E-state index is 11.4. The SMILES string of the molecule is CCC1OC(=O)NC(Cc2ccccc2)C1C. The Morgan fingerprint density at radius 3 is 2.65 bits per heavy atom. The molecule has 1 aromatic carbocycles. The third-order valence-electron chi connectivity index (χ3n) is 3.48. The van der Waals surface area contributed by atoms with E-state index in [1.807, 2.05) is 18.2 Å². The second-order valence-corrected chi connectivity index (χ2v) is 4.65. The number of rotatable bonds is 3. The molecule has 0 saturated carbocycles. The molecule has 1 heterocycles. The Kier molecular flexibility index (Phi) is 3.67. The van der Waals surface area contributed by atoms with Gasteiger partial charge < -0.3 is 10.1 Å². The molecule has 1 fully saturated rings. The molecular formula is C14H19NO2. The highest BCUT2D eigenvalue weighted by molar-refractivity contribution is 5.68. The average molecular weight is 233 g/mol. The van der Waals surface area contributed by atoms with E-state index in [-0.39, 0.29) is 18.2 Å². The largest absolute Gasteiger partial charge is 0.446 e. The predicted molar refractivity (Wildman–Crippen MR) is 66.8 cm³/mol.